The third-order valence-electron chi connectivity index (χ3n) is 4.13. The number of hydrogen-bond donors (Lipinski definition) is 0. The van der Waals surface area contributed by atoms with Crippen molar-refractivity contribution in [2.75, 3.05) is 4.31 Å². The first-order valence-corrected chi connectivity index (χ1v) is 10.5. The third kappa shape index (κ3) is 4.86. The number of nitrogens with zero attached hydrogens (tertiary/aromatic N) is 1. The minimum Gasteiger partial charge on any atom is -0.262 e. The van der Waals surface area contributed by atoms with Crippen molar-refractivity contribution < 1.29 is 21.6 Å². The first-order chi connectivity index (χ1) is 13.6. The second-order valence-electron chi connectivity index (χ2n) is 6.10. The van der Waals surface area contributed by atoms with Gasteiger partial charge in [0.1, 0.15) is 0 Å². The number of anilines is 1. The molecule has 0 bridgehead atoms. The van der Waals surface area contributed by atoms with Gasteiger partial charge in [-0.2, -0.15) is 13.2 Å². The molecule has 0 saturated carbocycles. The van der Waals surface area contributed by atoms with Gasteiger partial charge >= 0.3 is 6.18 Å². The summed E-state index contributed by atoms with van der Waals surface area (Å²) in [6.07, 6.45) is -4.66. The first-order valence-electron chi connectivity index (χ1n) is 8.28. The van der Waals surface area contributed by atoms with Gasteiger partial charge in [-0.25, -0.2) is 8.42 Å². The quantitative estimate of drug-likeness (QED) is 0.442. The topological polar surface area (TPSA) is 37.4 Å². The summed E-state index contributed by atoms with van der Waals surface area (Å²) in [6, 6.07) is 16.4. The van der Waals surface area contributed by atoms with E-state index in [1.165, 1.54) is 36.4 Å². The molecule has 0 fully saturated rings. The molecule has 0 saturated heterocycles. The van der Waals surface area contributed by atoms with Crippen LogP contribution in [0.4, 0.5) is 18.9 Å². The van der Waals surface area contributed by atoms with Crippen molar-refractivity contribution in [1.29, 1.82) is 0 Å². The van der Waals surface area contributed by atoms with E-state index in [-0.39, 0.29) is 21.2 Å². The molecule has 0 aliphatic carbocycles. The molecular formula is C20H14Cl2F3NO2S. The monoisotopic (exact) mass is 459 g/mol. The Morgan fingerprint density at radius 2 is 1.41 bits per heavy atom. The van der Waals surface area contributed by atoms with Crippen molar-refractivity contribution in [1.82, 2.24) is 0 Å². The van der Waals surface area contributed by atoms with Gasteiger partial charge in [-0.3, -0.25) is 4.31 Å². The lowest BCUT2D eigenvalue weighted by Crippen LogP contribution is -2.31. The maximum absolute atomic E-state index is 13.5. The van der Waals surface area contributed by atoms with Gasteiger partial charge in [0, 0.05) is 10.0 Å². The lowest BCUT2D eigenvalue weighted by molar-refractivity contribution is -0.138. The lowest BCUT2D eigenvalue weighted by Gasteiger charge is -2.26. The summed E-state index contributed by atoms with van der Waals surface area (Å²) in [5.41, 5.74) is -0.990. The fraction of sp³-hybridized carbons (Fsp3) is 0.100. The van der Waals surface area contributed by atoms with Crippen LogP contribution in [-0.4, -0.2) is 8.42 Å². The Hall–Kier alpha value is -2.22. The van der Waals surface area contributed by atoms with Crippen molar-refractivity contribution in [2.24, 2.45) is 0 Å². The van der Waals surface area contributed by atoms with E-state index in [2.05, 4.69) is 0 Å². The molecule has 3 aromatic rings. The number of rotatable bonds is 5. The van der Waals surface area contributed by atoms with E-state index in [0.717, 1.165) is 22.5 Å². The summed E-state index contributed by atoms with van der Waals surface area (Å²) in [5.74, 6) is 0. The largest absolute Gasteiger partial charge is 0.416 e. The van der Waals surface area contributed by atoms with E-state index >= 15 is 0 Å². The van der Waals surface area contributed by atoms with Crippen LogP contribution >= 0.6 is 23.2 Å². The summed E-state index contributed by atoms with van der Waals surface area (Å²) in [4.78, 5) is -0.0960. The summed E-state index contributed by atoms with van der Waals surface area (Å²) >= 11 is 11.7. The fourth-order valence-corrected chi connectivity index (χ4v) is 4.53. The van der Waals surface area contributed by atoms with Gasteiger partial charge in [0.25, 0.3) is 10.0 Å². The molecule has 3 rings (SSSR count). The Kier molecular flexibility index (Phi) is 6.12. The van der Waals surface area contributed by atoms with Crippen LogP contribution in [0.3, 0.4) is 0 Å². The Morgan fingerprint density at radius 3 is 2.00 bits per heavy atom. The van der Waals surface area contributed by atoms with Crippen LogP contribution in [0.1, 0.15) is 11.1 Å². The van der Waals surface area contributed by atoms with Crippen molar-refractivity contribution in [3.63, 3.8) is 0 Å². The van der Waals surface area contributed by atoms with E-state index in [1.54, 1.807) is 18.2 Å². The molecule has 9 heteroatoms. The van der Waals surface area contributed by atoms with Crippen LogP contribution in [0.2, 0.25) is 10.0 Å². The van der Waals surface area contributed by atoms with Gasteiger partial charge in [-0.05, 0) is 60.2 Å². The molecule has 0 aliphatic heterocycles. The number of alkyl halides is 3. The lowest BCUT2D eigenvalue weighted by atomic mass is 10.1. The van der Waals surface area contributed by atoms with E-state index in [9.17, 15) is 21.6 Å². The van der Waals surface area contributed by atoms with Crippen molar-refractivity contribution in [2.45, 2.75) is 17.6 Å². The Balaban J connectivity index is 2.14. The molecule has 0 radical (unpaired) electrons. The summed E-state index contributed by atoms with van der Waals surface area (Å²) in [7, 11) is -4.18. The van der Waals surface area contributed by atoms with Crippen LogP contribution in [0, 0.1) is 0 Å². The number of benzene rings is 3. The van der Waals surface area contributed by atoms with E-state index in [4.69, 9.17) is 23.2 Å². The SMILES string of the molecule is O=S(=O)(c1ccc(Cl)cc1)N(Cc1cc(Cl)ccc1C(F)(F)F)c1ccccc1. The Labute approximate surface area is 176 Å². The standard InChI is InChI=1S/C20H14Cl2F3NO2S/c21-15-6-9-18(10-7-15)29(27,28)26(17-4-2-1-3-5-17)13-14-12-16(22)8-11-19(14)20(23,24)25/h1-12H,13H2. The average molecular weight is 460 g/mol. The highest BCUT2D eigenvalue weighted by Gasteiger charge is 2.35. The van der Waals surface area contributed by atoms with Crippen molar-refractivity contribution in [3.05, 3.63) is 94.0 Å². The molecule has 0 heterocycles. The number of para-hydroxylation sites is 1. The third-order valence-corrected chi connectivity index (χ3v) is 6.41. The highest BCUT2D eigenvalue weighted by atomic mass is 35.5. The number of sulfonamides is 1. The Bertz CT molecular complexity index is 1100. The van der Waals surface area contributed by atoms with E-state index < -0.39 is 28.3 Å². The molecule has 152 valence electrons. The number of hydrogen-bond acceptors (Lipinski definition) is 2. The second-order valence-corrected chi connectivity index (χ2v) is 8.84. The summed E-state index contributed by atoms with van der Waals surface area (Å²) in [5, 5.41) is 0.411. The van der Waals surface area contributed by atoms with Crippen LogP contribution in [-0.2, 0) is 22.7 Å². The molecular weight excluding hydrogens is 446 g/mol. The molecule has 0 aromatic heterocycles. The van der Waals surface area contributed by atoms with Crippen molar-refractivity contribution in [3.8, 4) is 0 Å². The van der Waals surface area contributed by atoms with Gasteiger partial charge in [-0.1, -0.05) is 41.4 Å². The minimum absolute atomic E-state index is 0.0740. The minimum atomic E-state index is -4.66. The molecule has 0 N–H and O–H groups in total. The van der Waals surface area contributed by atoms with Crippen LogP contribution in [0.15, 0.2) is 77.7 Å². The van der Waals surface area contributed by atoms with E-state index in [1.807, 2.05) is 0 Å². The molecule has 0 aliphatic rings. The molecule has 0 amide bonds. The van der Waals surface area contributed by atoms with Crippen LogP contribution in [0.5, 0.6) is 0 Å². The summed E-state index contributed by atoms with van der Waals surface area (Å²) < 4.78 is 67.9. The highest BCUT2D eigenvalue weighted by Crippen LogP contribution is 2.36. The molecule has 0 spiro atoms. The average Bonchev–Trinajstić information content (AvgIpc) is 2.66. The smallest absolute Gasteiger partial charge is 0.262 e. The fourth-order valence-electron chi connectivity index (χ4n) is 2.77. The summed E-state index contributed by atoms with van der Waals surface area (Å²) in [6.45, 7) is -0.551. The molecule has 0 atom stereocenters. The first kappa shape index (κ1) is 21.5. The van der Waals surface area contributed by atoms with Crippen LogP contribution in [0.25, 0.3) is 0 Å². The maximum atomic E-state index is 13.5. The second kappa shape index (κ2) is 8.26. The van der Waals surface area contributed by atoms with Crippen LogP contribution < -0.4 is 4.31 Å². The zero-order valence-electron chi connectivity index (χ0n) is 14.7. The maximum Gasteiger partial charge on any atom is 0.416 e. The van der Waals surface area contributed by atoms with Gasteiger partial charge in [0.05, 0.1) is 22.7 Å². The van der Waals surface area contributed by atoms with Crippen molar-refractivity contribution >= 4 is 38.9 Å². The normalized spacial score (nSPS) is 12.0. The number of halogens is 5. The molecule has 29 heavy (non-hydrogen) atoms. The van der Waals surface area contributed by atoms with Gasteiger partial charge in [0.15, 0.2) is 0 Å². The van der Waals surface area contributed by atoms with E-state index in [0.29, 0.717) is 5.02 Å². The Morgan fingerprint density at radius 1 is 0.828 bits per heavy atom. The predicted molar refractivity (Wildman–Crippen MR) is 108 cm³/mol. The molecule has 3 nitrogen and oxygen atoms in total. The van der Waals surface area contributed by atoms with Gasteiger partial charge in [0.2, 0.25) is 0 Å². The highest BCUT2D eigenvalue weighted by molar-refractivity contribution is 7.92. The molecule has 0 unspecified atom stereocenters. The molecule has 3 aromatic carbocycles. The zero-order valence-corrected chi connectivity index (χ0v) is 17.0. The predicted octanol–water partition coefficient (Wildman–Crippen LogP) is 6.41. The van der Waals surface area contributed by atoms with Gasteiger partial charge < -0.3 is 0 Å². The van der Waals surface area contributed by atoms with Gasteiger partial charge in [-0.15, -0.1) is 0 Å². The zero-order chi connectivity index (χ0) is 21.2.